The fourth-order valence-electron chi connectivity index (χ4n) is 1.87. The van der Waals surface area contributed by atoms with Gasteiger partial charge in [0.1, 0.15) is 0 Å². The summed E-state index contributed by atoms with van der Waals surface area (Å²) in [4.78, 5) is 1.94. The predicted molar refractivity (Wildman–Crippen MR) is 62.5 cm³/mol. The second kappa shape index (κ2) is 6.32. The largest absolute Gasteiger partial charge is 0.379 e. The molecule has 7 heteroatoms. The molecule has 0 unspecified atom stereocenters. The highest BCUT2D eigenvalue weighted by molar-refractivity contribution is 5.51. The van der Waals surface area contributed by atoms with E-state index in [9.17, 15) is 22.0 Å². The highest BCUT2D eigenvalue weighted by Crippen LogP contribution is 2.23. The van der Waals surface area contributed by atoms with Crippen molar-refractivity contribution in [3.63, 3.8) is 0 Å². The van der Waals surface area contributed by atoms with Gasteiger partial charge in [0.15, 0.2) is 23.3 Å². The molecule has 0 amide bonds. The minimum Gasteiger partial charge on any atom is -0.379 e. The number of ether oxygens (including phenoxy) is 1. The van der Waals surface area contributed by atoms with Crippen LogP contribution in [-0.4, -0.2) is 37.7 Å². The summed E-state index contributed by atoms with van der Waals surface area (Å²) in [5.74, 6) is -9.66. The minimum atomic E-state index is -2.15. The normalized spacial score (nSPS) is 17.1. The quantitative estimate of drug-likeness (QED) is 0.483. The number of nitrogens with zero attached hydrogens (tertiary/aromatic N) is 1. The summed E-state index contributed by atoms with van der Waals surface area (Å²) in [5.41, 5.74) is -0.922. The Labute approximate surface area is 112 Å². The monoisotopic (exact) mass is 293 g/mol. The molecule has 1 aliphatic heterocycles. The second-order valence-corrected chi connectivity index (χ2v) is 4.30. The molecule has 110 valence electrons. The van der Waals surface area contributed by atoms with Gasteiger partial charge in [-0.2, -0.15) is 0 Å². The van der Waals surface area contributed by atoms with Gasteiger partial charge in [0.2, 0.25) is 5.82 Å². The van der Waals surface area contributed by atoms with Gasteiger partial charge in [-0.25, -0.2) is 22.0 Å². The number of benzene rings is 1. The third-order valence-corrected chi connectivity index (χ3v) is 3.00. The molecule has 0 radical (unpaired) electrons. The molecule has 0 aromatic heterocycles. The van der Waals surface area contributed by atoms with Gasteiger partial charge < -0.3 is 4.74 Å². The summed E-state index contributed by atoms with van der Waals surface area (Å²) in [6.07, 6.45) is 2.27. The van der Waals surface area contributed by atoms with Crippen molar-refractivity contribution in [2.24, 2.45) is 0 Å². The summed E-state index contributed by atoms with van der Waals surface area (Å²) >= 11 is 0. The topological polar surface area (TPSA) is 12.5 Å². The first kappa shape index (κ1) is 14.9. The highest BCUT2D eigenvalue weighted by Gasteiger charge is 2.24. The maximum Gasteiger partial charge on any atom is 0.200 e. The van der Waals surface area contributed by atoms with Crippen LogP contribution >= 0.6 is 0 Å². The van der Waals surface area contributed by atoms with Crippen LogP contribution in [0.25, 0.3) is 6.08 Å². The van der Waals surface area contributed by atoms with Crippen LogP contribution < -0.4 is 0 Å². The Kier molecular flexibility index (Phi) is 4.72. The van der Waals surface area contributed by atoms with E-state index in [1.165, 1.54) is 6.08 Å². The first-order valence-corrected chi connectivity index (χ1v) is 6.00. The van der Waals surface area contributed by atoms with E-state index in [1.807, 2.05) is 4.90 Å². The van der Waals surface area contributed by atoms with E-state index in [1.54, 1.807) is 0 Å². The number of morpholine rings is 1. The van der Waals surface area contributed by atoms with E-state index in [4.69, 9.17) is 4.74 Å². The van der Waals surface area contributed by atoms with E-state index >= 15 is 0 Å². The number of hydrogen-bond donors (Lipinski definition) is 0. The van der Waals surface area contributed by atoms with Gasteiger partial charge in [-0.1, -0.05) is 12.2 Å². The molecule has 0 spiro atoms. The maximum absolute atomic E-state index is 13.4. The predicted octanol–water partition coefficient (Wildman–Crippen LogP) is 2.73. The van der Waals surface area contributed by atoms with E-state index in [0.29, 0.717) is 32.8 Å². The smallest absolute Gasteiger partial charge is 0.200 e. The zero-order valence-electron chi connectivity index (χ0n) is 10.4. The van der Waals surface area contributed by atoms with Gasteiger partial charge in [0, 0.05) is 19.6 Å². The lowest BCUT2D eigenvalue weighted by molar-refractivity contribution is 0.0435. The first-order chi connectivity index (χ1) is 9.52. The Morgan fingerprint density at radius 3 is 1.90 bits per heavy atom. The number of rotatable bonds is 3. The van der Waals surface area contributed by atoms with Crippen molar-refractivity contribution in [2.75, 3.05) is 32.8 Å². The third kappa shape index (κ3) is 2.99. The maximum atomic E-state index is 13.4. The number of hydrogen-bond acceptors (Lipinski definition) is 2. The van der Waals surface area contributed by atoms with E-state index < -0.39 is 34.6 Å². The molecule has 1 aromatic rings. The Balaban J connectivity index is 2.16. The lowest BCUT2D eigenvalue weighted by Gasteiger charge is -2.25. The average molecular weight is 293 g/mol. The molecular formula is C13H12F5NO. The van der Waals surface area contributed by atoms with Gasteiger partial charge >= 0.3 is 0 Å². The first-order valence-electron chi connectivity index (χ1n) is 6.00. The van der Waals surface area contributed by atoms with E-state index in [-0.39, 0.29) is 0 Å². The molecule has 0 N–H and O–H groups in total. The van der Waals surface area contributed by atoms with Gasteiger partial charge in [0.05, 0.1) is 18.8 Å². The fourth-order valence-corrected chi connectivity index (χ4v) is 1.87. The van der Waals surface area contributed by atoms with Crippen molar-refractivity contribution in [1.82, 2.24) is 4.90 Å². The van der Waals surface area contributed by atoms with Crippen molar-refractivity contribution in [3.05, 3.63) is 40.7 Å². The van der Waals surface area contributed by atoms with Crippen LogP contribution in [0.2, 0.25) is 0 Å². The third-order valence-electron chi connectivity index (χ3n) is 3.00. The van der Waals surface area contributed by atoms with Gasteiger partial charge in [-0.05, 0) is 0 Å². The van der Waals surface area contributed by atoms with E-state index in [0.717, 1.165) is 6.08 Å². The molecular weight excluding hydrogens is 281 g/mol. The second-order valence-electron chi connectivity index (χ2n) is 4.30. The zero-order valence-corrected chi connectivity index (χ0v) is 10.4. The molecule has 0 aliphatic carbocycles. The molecule has 1 heterocycles. The summed E-state index contributed by atoms with van der Waals surface area (Å²) in [6, 6.07) is 0. The molecule has 1 aliphatic rings. The van der Waals surface area contributed by atoms with Gasteiger partial charge in [-0.15, -0.1) is 0 Å². The Morgan fingerprint density at radius 1 is 0.850 bits per heavy atom. The van der Waals surface area contributed by atoms with Crippen molar-refractivity contribution in [2.45, 2.75) is 0 Å². The lowest BCUT2D eigenvalue weighted by Crippen LogP contribution is -2.36. The van der Waals surface area contributed by atoms with Crippen molar-refractivity contribution >= 4 is 6.08 Å². The molecule has 0 bridgehead atoms. The van der Waals surface area contributed by atoms with Crippen LogP contribution in [0.3, 0.4) is 0 Å². The zero-order chi connectivity index (χ0) is 14.7. The standard InChI is InChI=1S/C13H12F5NO/c14-9-8(10(15)12(17)13(18)11(9)16)2-1-3-19-4-6-20-7-5-19/h1-2H,3-7H2/b2-1+. The Bertz CT molecular complexity index is 497. The van der Waals surface area contributed by atoms with Crippen LogP contribution in [0.1, 0.15) is 5.56 Å². The van der Waals surface area contributed by atoms with Gasteiger partial charge in [-0.3, -0.25) is 4.90 Å². The van der Waals surface area contributed by atoms with Gasteiger partial charge in [0.25, 0.3) is 0 Å². The highest BCUT2D eigenvalue weighted by atomic mass is 19.2. The molecule has 1 fully saturated rings. The summed E-state index contributed by atoms with van der Waals surface area (Å²) in [7, 11) is 0. The average Bonchev–Trinajstić information content (AvgIpc) is 2.48. The minimum absolute atomic E-state index is 0.350. The molecule has 2 nitrogen and oxygen atoms in total. The Morgan fingerprint density at radius 2 is 1.35 bits per heavy atom. The van der Waals surface area contributed by atoms with Crippen LogP contribution in [0.4, 0.5) is 22.0 Å². The fraction of sp³-hybridized carbons (Fsp3) is 0.385. The van der Waals surface area contributed by atoms with E-state index in [2.05, 4.69) is 0 Å². The summed E-state index contributed by atoms with van der Waals surface area (Å²) < 4.78 is 70.6. The van der Waals surface area contributed by atoms with Crippen LogP contribution in [0.5, 0.6) is 0 Å². The number of halogens is 5. The van der Waals surface area contributed by atoms with Crippen molar-refractivity contribution in [3.8, 4) is 0 Å². The van der Waals surface area contributed by atoms with Crippen molar-refractivity contribution < 1.29 is 26.7 Å². The van der Waals surface area contributed by atoms with Crippen LogP contribution in [-0.2, 0) is 4.74 Å². The summed E-state index contributed by atoms with van der Waals surface area (Å²) in [5, 5.41) is 0. The summed E-state index contributed by atoms with van der Waals surface area (Å²) in [6.45, 7) is 2.76. The molecule has 1 saturated heterocycles. The molecule has 0 saturated carbocycles. The molecule has 0 atom stereocenters. The lowest BCUT2D eigenvalue weighted by atomic mass is 10.1. The SMILES string of the molecule is Fc1c(F)c(F)c(/C=C/CN2CCOCC2)c(F)c1F. The van der Waals surface area contributed by atoms with Crippen molar-refractivity contribution in [1.29, 1.82) is 0 Å². The molecule has 20 heavy (non-hydrogen) atoms. The van der Waals surface area contributed by atoms with Crippen LogP contribution in [0, 0.1) is 29.1 Å². The van der Waals surface area contributed by atoms with Crippen LogP contribution in [0.15, 0.2) is 6.08 Å². The molecule has 2 rings (SSSR count). The molecule has 1 aromatic carbocycles. The Hall–Kier alpha value is -1.47.